The van der Waals surface area contributed by atoms with Gasteiger partial charge in [-0.15, -0.1) is 0 Å². The lowest BCUT2D eigenvalue weighted by Gasteiger charge is -2.34. The van der Waals surface area contributed by atoms with Gasteiger partial charge in [0.05, 0.1) is 13.1 Å². The second-order valence-corrected chi connectivity index (χ2v) is 4.87. The molecule has 19 heavy (non-hydrogen) atoms. The van der Waals surface area contributed by atoms with Gasteiger partial charge < -0.3 is 15.3 Å². The topological polar surface area (TPSA) is 115 Å². The second kappa shape index (κ2) is 7.08. The van der Waals surface area contributed by atoms with Crippen molar-refractivity contribution in [2.24, 2.45) is 5.92 Å². The molecule has 1 saturated carbocycles. The summed E-state index contributed by atoms with van der Waals surface area (Å²) in [6.45, 7) is -1.14. The maximum Gasteiger partial charge on any atom is 0.321 e. The minimum Gasteiger partial charge on any atom is -0.480 e. The van der Waals surface area contributed by atoms with Crippen molar-refractivity contribution in [2.75, 3.05) is 13.1 Å². The van der Waals surface area contributed by atoms with Crippen LogP contribution < -0.4 is 0 Å². The molecule has 0 spiro atoms. The van der Waals surface area contributed by atoms with Crippen LogP contribution in [-0.2, 0) is 14.4 Å². The van der Waals surface area contributed by atoms with Crippen LogP contribution in [0.1, 0.15) is 32.1 Å². The Labute approximate surface area is 110 Å². The molecule has 7 heteroatoms. The molecule has 0 aromatic carbocycles. The van der Waals surface area contributed by atoms with E-state index in [4.69, 9.17) is 10.2 Å². The zero-order chi connectivity index (χ0) is 14.4. The van der Waals surface area contributed by atoms with Crippen LogP contribution in [0.25, 0.3) is 0 Å². The smallest absolute Gasteiger partial charge is 0.321 e. The van der Waals surface area contributed by atoms with Crippen LogP contribution in [0.4, 0.5) is 0 Å². The van der Waals surface area contributed by atoms with Crippen molar-refractivity contribution in [1.82, 2.24) is 4.90 Å². The van der Waals surface area contributed by atoms with Crippen molar-refractivity contribution >= 4 is 17.9 Å². The van der Waals surface area contributed by atoms with Crippen LogP contribution in [0.2, 0.25) is 0 Å². The Hall–Kier alpha value is -1.63. The first-order valence-electron chi connectivity index (χ1n) is 6.32. The summed E-state index contributed by atoms with van der Waals surface area (Å²) in [5, 5.41) is 26.9. The Balaban J connectivity index is 2.86. The first-order chi connectivity index (χ1) is 8.91. The van der Waals surface area contributed by atoms with E-state index < -0.39 is 37.0 Å². The lowest BCUT2D eigenvalue weighted by atomic mass is 9.83. The monoisotopic (exact) mass is 273 g/mol. The number of carboxylic acids is 3. The predicted octanol–water partition coefficient (Wildman–Crippen LogP) is 0.491. The van der Waals surface area contributed by atoms with E-state index in [0.717, 1.165) is 24.2 Å². The molecule has 1 rings (SSSR count). The van der Waals surface area contributed by atoms with Crippen LogP contribution in [-0.4, -0.2) is 57.3 Å². The van der Waals surface area contributed by atoms with Gasteiger partial charge in [0.2, 0.25) is 0 Å². The summed E-state index contributed by atoms with van der Waals surface area (Å²) in [6, 6.07) is -1.03. The molecular formula is C12H19NO6. The first-order valence-corrected chi connectivity index (χ1v) is 6.32. The molecule has 0 aromatic heterocycles. The van der Waals surface area contributed by atoms with E-state index in [9.17, 15) is 19.5 Å². The fraction of sp³-hybridized carbons (Fsp3) is 0.750. The van der Waals surface area contributed by atoms with Crippen LogP contribution in [0.5, 0.6) is 0 Å². The fourth-order valence-electron chi connectivity index (χ4n) is 2.71. The Bertz CT molecular complexity index is 334. The van der Waals surface area contributed by atoms with Crippen LogP contribution in [0, 0.1) is 5.92 Å². The predicted molar refractivity (Wildman–Crippen MR) is 64.8 cm³/mol. The summed E-state index contributed by atoms with van der Waals surface area (Å²) in [4.78, 5) is 34.0. The van der Waals surface area contributed by atoms with Gasteiger partial charge in [0, 0.05) is 0 Å². The van der Waals surface area contributed by atoms with Crippen LogP contribution in [0.15, 0.2) is 0 Å². The number of hydrogen-bond acceptors (Lipinski definition) is 4. The first kappa shape index (κ1) is 15.4. The van der Waals surface area contributed by atoms with Gasteiger partial charge in [0.15, 0.2) is 0 Å². The Morgan fingerprint density at radius 3 is 1.79 bits per heavy atom. The number of aliphatic carboxylic acids is 3. The van der Waals surface area contributed by atoms with Crippen molar-refractivity contribution in [3.63, 3.8) is 0 Å². The average molecular weight is 273 g/mol. The second-order valence-electron chi connectivity index (χ2n) is 4.87. The summed E-state index contributed by atoms with van der Waals surface area (Å²) >= 11 is 0. The molecule has 0 bridgehead atoms. The summed E-state index contributed by atoms with van der Waals surface area (Å²) in [5.41, 5.74) is 0. The zero-order valence-corrected chi connectivity index (χ0v) is 10.6. The van der Waals surface area contributed by atoms with Crippen LogP contribution >= 0.6 is 0 Å². The molecule has 1 unspecified atom stereocenters. The van der Waals surface area contributed by atoms with E-state index in [1.54, 1.807) is 0 Å². The molecule has 108 valence electrons. The number of nitrogens with zero attached hydrogens (tertiary/aromatic N) is 1. The van der Waals surface area contributed by atoms with Gasteiger partial charge in [-0.05, 0) is 18.8 Å². The summed E-state index contributed by atoms with van der Waals surface area (Å²) in [7, 11) is 0. The van der Waals surface area contributed by atoms with E-state index in [0.29, 0.717) is 12.8 Å². The third kappa shape index (κ3) is 4.86. The Morgan fingerprint density at radius 2 is 1.42 bits per heavy atom. The Kier molecular flexibility index (Phi) is 5.75. The van der Waals surface area contributed by atoms with Crippen molar-refractivity contribution in [3.8, 4) is 0 Å². The molecule has 3 N–H and O–H groups in total. The average Bonchev–Trinajstić information content (AvgIpc) is 2.28. The minimum atomic E-state index is -1.22. The third-order valence-electron chi connectivity index (χ3n) is 3.42. The summed E-state index contributed by atoms with van der Waals surface area (Å²) in [6.07, 6.45) is 4.25. The minimum absolute atomic E-state index is 0.176. The standard InChI is InChI=1S/C12H19NO6/c14-9(15)6-13(7-10(16)17)11(12(18)19)8-4-2-1-3-5-8/h8,11H,1-7H2,(H,14,15)(H,16,17)(H,18,19). The van der Waals surface area contributed by atoms with Gasteiger partial charge in [-0.2, -0.15) is 0 Å². The molecule has 7 nitrogen and oxygen atoms in total. The van der Waals surface area contributed by atoms with Gasteiger partial charge in [-0.3, -0.25) is 19.3 Å². The fourth-order valence-corrected chi connectivity index (χ4v) is 2.71. The molecule has 0 heterocycles. The molecule has 1 fully saturated rings. The molecular weight excluding hydrogens is 254 g/mol. The Morgan fingerprint density at radius 1 is 0.947 bits per heavy atom. The third-order valence-corrected chi connectivity index (χ3v) is 3.42. The van der Waals surface area contributed by atoms with E-state index in [1.165, 1.54) is 0 Å². The quantitative estimate of drug-likeness (QED) is 0.618. The molecule has 0 saturated heterocycles. The van der Waals surface area contributed by atoms with E-state index in [2.05, 4.69) is 0 Å². The maximum absolute atomic E-state index is 11.4. The highest BCUT2D eigenvalue weighted by Gasteiger charge is 2.36. The zero-order valence-electron chi connectivity index (χ0n) is 10.6. The van der Waals surface area contributed by atoms with E-state index in [1.807, 2.05) is 0 Å². The lowest BCUT2D eigenvalue weighted by Crippen LogP contribution is -2.50. The molecule has 0 radical (unpaired) electrons. The maximum atomic E-state index is 11.4. The molecule has 1 aliphatic rings. The SMILES string of the molecule is O=C(O)CN(CC(=O)O)C(C(=O)O)C1CCCCC1. The van der Waals surface area contributed by atoms with Crippen molar-refractivity contribution in [3.05, 3.63) is 0 Å². The van der Waals surface area contributed by atoms with Crippen molar-refractivity contribution < 1.29 is 29.7 Å². The number of rotatable bonds is 7. The van der Waals surface area contributed by atoms with E-state index in [-0.39, 0.29) is 5.92 Å². The summed E-state index contributed by atoms with van der Waals surface area (Å²) in [5.74, 6) is -3.76. The highest BCUT2D eigenvalue weighted by Crippen LogP contribution is 2.29. The largest absolute Gasteiger partial charge is 0.480 e. The van der Waals surface area contributed by atoms with Crippen LogP contribution in [0.3, 0.4) is 0 Å². The number of carboxylic acid groups (broad SMARTS) is 3. The number of carbonyl (C=O) groups is 3. The normalized spacial score (nSPS) is 18.2. The molecule has 1 aliphatic carbocycles. The molecule has 0 amide bonds. The van der Waals surface area contributed by atoms with Gasteiger partial charge in [-0.1, -0.05) is 19.3 Å². The lowest BCUT2D eigenvalue weighted by molar-refractivity contribution is -0.151. The van der Waals surface area contributed by atoms with Gasteiger partial charge in [-0.25, -0.2) is 0 Å². The summed E-state index contributed by atoms with van der Waals surface area (Å²) < 4.78 is 0. The van der Waals surface area contributed by atoms with Gasteiger partial charge in [0.1, 0.15) is 6.04 Å². The van der Waals surface area contributed by atoms with Gasteiger partial charge in [0.25, 0.3) is 0 Å². The molecule has 0 aliphatic heterocycles. The highest BCUT2D eigenvalue weighted by atomic mass is 16.4. The molecule has 0 aromatic rings. The van der Waals surface area contributed by atoms with Crippen molar-refractivity contribution in [1.29, 1.82) is 0 Å². The highest BCUT2D eigenvalue weighted by molar-refractivity contribution is 5.78. The van der Waals surface area contributed by atoms with Crippen molar-refractivity contribution in [2.45, 2.75) is 38.1 Å². The van der Waals surface area contributed by atoms with Gasteiger partial charge >= 0.3 is 17.9 Å². The van der Waals surface area contributed by atoms with E-state index >= 15 is 0 Å². The molecule has 1 atom stereocenters. The number of hydrogen-bond donors (Lipinski definition) is 3.